The standard InChI is InChI=1S/C12H20N2O3S/c1-10-8-11(13-17-10)9-14-6-3-4-12(5-7-14)18(2,15)16/h8,12H,3-7,9H2,1-2H3. The summed E-state index contributed by atoms with van der Waals surface area (Å²) < 4.78 is 28.2. The molecule has 6 heteroatoms. The SMILES string of the molecule is Cc1cc(CN2CCCC(S(C)(=O)=O)CC2)no1. The van der Waals surface area contributed by atoms with Crippen LogP contribution in [0.1, 0.15) is 30.7 Å². The van der Waals surface area contributed by atoms with E-state index < -0.39 is 9.84 Å². The van der Waals surface area contributed by atoms with E-state index in [2.05, 4.69) is 10.1 Å². The summed E-state index contributed by atoms with van der Waals surface area (Å²) in [7, 11) is -2.90. The van der Waals surface area contributed by atoms with E-state index in [9.17, 15) is 8.42 Å². The van der Waals surface area contributed by atoms with Crippen molar-refractivity contribution in [3.05, 3.63) is 17.5 Å². The van der Waals surface area contributed by atoms with Crippen molar-refractivity contribution in [1.82, 2.24) is 10.1 Å². The Morgan fingerprint density at radius 2 is 2.22 bits per heavy atom. The summed E-state index contributed by atoms with van der Waals surface area (Å²) in [6.07, 6.45) is 3.76. The molecule has 0 aromatic carbocycles. The molecular formula is C12H20N2O3S. The van der Waals surface area contributed by atoms with Crippen molar-refractivity contribution in [2.75, 3.05) is 19.3 Å². The predicted octanol–water partition coefficient (Wildman–Crippen LogP) is 1.38. The monoisotopic (exact) mass is 272 g/mol. The van der Waals surface area contributed by atoms with Crippen molar-refractivity contribution >= 4 is 9.84 Å². The molecule has 1 saturated heterocycles. The summed E-state index contributed by atoms with van der Waals surface area (Å²) in [5, 5.41) is 3.79. The van der Waals surface area contributed by atoms with Crippen LogP contribution in [0.2, 0.25) is 0 Å². The first-order valence-electron chi connectivity index (χ1n) is 6.28. The van der Waals surface area contributed by atoms with E-state index in [0.29, 0.717) is 0 Å². The molecule has 0 spiro atoms. The van der Waals surface area contributed by atoms with Crippen LogP contribution in [0.25, 0.3) is 0 Å². The first kappa shape index (κ1) is 13.5. The maximum atomic E-state index is 11.6. The molecular weight excluding hydrogens is 252 g/mol. The van der Waals surface area contributed by atoms with Crippen LogP contribution in [-0.4, -0.2) is 43.1 Å². The minimum Gasteiger partial charge on any atom is -0.361 e. The molecule has 1 aromatic heterocycles. The van der Waals surface area contributed by atoms with Gasteiger partial charge in [-0.1, -0.05) is 5.16 Å². The van der Waals surface area contributed by atoms with Crippen molar-refractivity contribution in [2.24, 2.45) is 0 Å². The van der Waals surface area contributed by atoms with Crippen LogP contribution >= 0.6 is 0 Å². The van der Waals surface area contributed by atoms with E-state index >= 15 is 0 Å². The molecule has 1 atom stereocenters. The number of aromatic nitrogens is 1. The second-order valence-corrected chi connectivity index (χ2v) is 7.41. The fourth-order valence-electron chi connectivity index (χ4n) is 2.43. The Hall–Kier alpha value is -0.880. The molecule has 0 radical (unpaired) electrons. The molecule has 0 amide bonds. The number of rotatable bonds is 3. The normalized spacial score (nSPS) is 22.9. The highest BCUT2D eigenvalue weighted by Crippen LogP contribution is 2.18. The molecule has 0 aliphatic carbocycles. The molecule has 1 unspecified atom stereocenters. The maximum Gasteiger partial charge on any atom is 0.150 e. The lowest BCUT2D eigenvalue weighted by molar-refractivity contribution is 0.266. The molecule has 0 N–H and O–H groups in total. The van der Waals surface area contributed by atoms with Gasteiger partial charge in [0.05, 0.1) is 10.9 Å². The minimum atomic E-state index is -2.90. The smallest absolute Gasteiger partial charge is 0.150 e. The summed E-state index contributed by atoms with van der Waals surface area (Å²) in [6.45, 7) is 4.36. The van der Waals surface area contributed by atoms with Gasteiger partial charge in [0.15, 0.2) is 0 Å². The summed E-state index contributed by atoms with van der Waals surface area (Å²) >= 11 is 0. The van der Waals surface area contributed by atoms with Crippen molar-refractivity contribution in [3.8, 4) is 0 Å². The molecule has 1 aliphatic rings. The Bertz CT molecular complexity index is 495. The molecule has 2 heterocycles. The average molecular weight is 272 g/mol. The third kappa shape index (κ3) is 3.55. The molecule has 1 aliphatic heterocycles. The third-order valence-corrected chi connectivity index (χ3v) is 5.12. The minimum absolute atomic E-state index is 0.179. The zero-order valence-electron chi connectivity index (χ0n) is 10.9. The Morgan fingerprint density at radius 1 is 1.44 bits per heavy atom. The van der Waals surface area contributed by atoms with Gasteiger partial charge in [-0.15, -0.1) is 0 Å². The Labute approximate surface area is 108 Å². The van der Waals surface area contributed by atoms with E-state index in [-0.39, 0.29) is 5.25 Å². The number of nitrogens with zero attached hydrogens (tertiary/aromatic N) is 2. The van der Waals surface area contributed by atoms with Crippen LogP contribution in [0.4, 0.5) is 0 Å². The summed E-state index contributed by atoms with van der Waals surface area (Å²) in [5.74, 6) is 0.814. The van der Waals surface area contributed by atoms with Gasteiger partial charge in [0, 0.05) is 18.9 Å². The second-order valence-electron chi connectivity index (χ2n) is 5.09. The first-order chi connectivity index (χ1) is 8.45. The third-order valence-electron chi connectivity index (χ3n) is 3.44. The summed E-state index contributed by atoms with van der Waals surface area (Å²) in [5.41, 5.74) is 0.922. The number of likely N-dealkylation sites (tertiary alicyclic amines) is 1. The van der Waals surface area contributed by atoms with Crippen molar-refractivity contribution in [1.29, 1.82) is 0 Å². The van der Waals surface area contributed by atoms with E-state index in [4.69, 9.17) is 4.52 Å². The van der Waals surface area contributed by atoms with Gasteiger partial charge < -0.3 is 4.52 Å². The predicted molar refractivity (Wildman–Crippen MR) is 69.0 cm³/mol. The quantitative estimate of drug-likeness (QED) is 0.832. The first-order valence-corrected chi connectivity index (χ1v) is 8.24. The largest absolute Gasteiger partial charge is 0.361 e. The Kier molecular flexibility index (Phi) is 4.07. The maximum absolute atomic E-state index is 11.6. The molecule has 102 valence electrons. The van der Waals surface area contributed by atoms with Crippen LogP contribution in [0.3, 0.4) is 0 Å². The number of hydrogen-bond donors (Lipinski definition) is 0. The Balaban J connectivity index is 1.93. The summed E-state index contributed by atoms with van der Waals surface area (Å²) in [4.78, 5) is 2.25. The van der Waals surface area contributed by atoms with Gasteiger partial charge in [-0.2, -0.15) is 0 Å². The number of hydrogen-bond acceptors (Lipinski definition) is 5. The zero-order chi connectivity index (χ0) is 13.2. The molecule has 0 bridgehead atoms. The van der Waals surface area contributed by atoms with E-state index in [1.54, 1.807) is 0 Å². The highest BCUT2D eigenvalue weighted by Gasteiger charge is 2.24. The molecule has 0 saturated carbocycles. The molecule has 18 heavy (non-hydrogen) atoms. The summed E-state index contributed by atoms with van der Waals surface area (Å²) in [6, 6.07) is 1.93. The highest BCUT2D eigenvalue weighted by molar-refractivity contribution is 7.91. The molecule has 1 fully saturated rings. The van der Waals surface area contributed by atoms with Crippen molar-refractivity contribution < 1.29 is 12.9 Å². The molecule has 1 aromatic rings. The van der Waals surface area contributed by atoms with E-state index in [0.717, 1.165) is 50.4 Å². The van der Waals surface area contributed by atoms with E-state index in [1.165, 1.54) is 6.26 Å². The van der Waals surface area contributed by atoms with Gasteiger partial charge in [0.25, 0.3) is 0 Å². The average Bonchev–Trinajstić information content (AvgIpc) is 2.53. The second kappa shape index (κ2) is 5.40. The Morgan fingerprint density at radius 3 is 2.83 bits per heavy atom. The molecule has 5 nitrogen and oxygen atoms in total. The lowest BCUT2D eigenvalue weighted by Crippen LogP contribution is -2.26. The fourth-order valence-corrected chi connectivity index (χ4v) is 3.56. The highest BCUT2D eigenvalue weighted by atomic mass is 32.2. The molecule has 2 rings (SSSR count). The van der Waals surface area contributed by atoms with Gasteiger partial charge in [-0.05, 0) is 39.3 Å². The van der Waals surface area contributed by atoms with Crippen LogP contribution < -0.4 is 0 Å². The van der Waals surface area contributed by atoms with Gasteiger partial charge in [0.2, 0.25) is 0 Å². The fraction of sp³-hybridized carbons (Fsp3) is 0.750. The van der Waals surface area contributed by atoms with Gasteiger partial charge in [-0.25, -0.2) is 8.42 Å². The van der Waals surface area contributed by atoms with Crippen LogP contribution in [0.15, 0.2) is 10.6 Å². The van der Waals surface area contributed by atoms with Crippen LogP contribution in [0.5, 0.6) is 0 Å². The lowest BCUT2D eigenvalue weighted by atomic mass is 10.2. The zero-order valence-corrected chi connectivity index (χ0v) is 11.7. The van der Waals surface area contributed by atoms with E-state index in [1.807, 2.05) is 13.0 Å². The van der Waals surface area contributed by atoms with Gasteiger partial charge in [-0.3, -0.25) is 4.90 Å². The van der Waals surface area contributed by atoms with Crippen molar-refractivity contribution in [2.45, 2.75) is 38.0 Å². The topological polar surface area (TPSA) is 63.4 Å². The van der Waals surface area contributed by atoms with Crippen LogP contribution in [0, 0.1) is 6.92 Å². The van der Waals surface area contributed by atoms with Gasteiger partial charge >= 0.3 is 0 Å². The lowest BCUT2D eigenvalue weighted by Gasteiger charge is -2.18. The number of aryl methyl sites for hydroxylation is 1. The van der Waals surface area contributed by atoms with Crippen LogP contribution in [-0.2, 0) is 16.4 Å². The van der Waals surface area contributed by atoms with Crippen molar-refractivity contribution in [3.63, 3.8) is 0 Å². The number of sulfone groups is 1. The van der Waals surface area contributed by atoms with Gasteiger partial charge in [0.1, 0.15) is 15.6 Å².